The van der Waals surface area contributed by atoms with Crippen molar-refractivity contribution in [3.63, 3.8) is 0 Å². The van der Waals surface area contributed by atoms with Crippen LogP contribution in [0.4, 0.5) is 4.79 Å². The monoisotopic (exact) mass is 577 g/mol. The summed E-state index contributed by atoms with van der Waals surface area (Å²) in [7, 11) is 0. The average Bonchev–Trinajstić information content (AvgIpc) is 2.74. The van der Waals surface area contributed by atoms with Gasteiger partial charge in [0.1, 0.15) is 15.6 Å². The SMILES string of the molecule is CC(C)(C)OC(=O)NCCCCCCOC(=O)CCCC(=O)Oc1c(Cl)c(Cl)c(Cl)c(Cl)c1Cl. The number of benzene rings is 1. The molecule has 0 bridgehead atoms. The minimum absolute atomic E-state index is 0.0432. The molecular weight excluding hydrogens is 552 g/mol. The standard InChI is InChI=1S/C22H28Cl5NO6/c1-22(2,3)34-21(31)28-11-6-4-5-7-12-32-13(29)9-8-10-14(30)33-20-18(26)16(24)15(23)17(25)19(20)27/h4-12H2,1-3H3,(H,28,31). The molecule has 1 aromatic rings. The number of alkyl carbamates (subject to hydrolysis) is 1. The van der Waals surface area contributed by atoms with Crippen LogP contribution in [0.1, 0.15) is 65.7 Å². The molecule has 0 saturated carbocycles. The third kappa shape index (κ3) is 11.5. The molecule has 0 saturated heterocycles. The summed E-state index contributed by atoms with van der Waals surface area (Å²) in [6.07, 6.45) is 3.01. The Morgan fingerprint density at radius 3 is 1.85 bits per heavy atom. The van der Waals surface area contributed by atoms with E-state index in [0.717, 1.165) is 19.3 Å². The molecule has 0 fully saturated rings. The van der Waals surface area contributed by atoms with Gasteiger partial charge in [0.2, 0.25) is 0 Å². The molecule has 0 aliphatic heterocycles. The minimum atomic E-state index is -0.661. The van der Waals surface area contributed by atoms with Crippen molar-refractivity contribution in [2.45, 2.75) is 71.3 Å². The van der Waals surface area contributed by atoms with Crippen molar-refractivity contribution in [3.05, 3.63) is 25.1 Å². The van der Waals surface area contributed by atoms with E-state index in [0.29, 0.717) is 13.0 Å². The highest BCUT2D eigenvalue weighted by Crippen LogP contribution is 2.48. The molecule has 1 rings (SSSR count). The van der Waals surface area contributed by atoms with Crippen LogP contribution in [0.15, 0.2) is 0 Å². The summed E-state index contributed by atoms with van der Waals surface area (Å²) < 4.78 is 15.4. The van der Waals surface area contributed by atoms with Crippen LogP contribution in [-0.4, -0.2) is 36.8 Å². The van der Waals surface area contributed by atoms with Crippen molar-refractivity contribution in [1.82, 2.24) is 5.32 Å². The predicted molar refractivity (Wildman–Crippen MR) is 135 cm³/mol. The van der Waals surface area contributed by atoms with Gasteiger partial charge in [0.25, 0.3) is 0 Å². The number of hydrogen-bond donors (Lipinski definition) is 1. The van der Waals surface area contributed by atoms with Gasteiger partial charge in [-0.1, -0.05) is 64.4 Å². The van der Waals surface area contributed by atoms with Gasteiger partial charge >= 0.3 is 18.0 Å². The van der Waals surface area contributed by atoms with E-state index in [-0.39, 0.29) is 56.7 Å². The molecule has 192 valence electrons. The minimum Gasteiger partial charge on any atom is -0.466 e. The third-order valence-electron chi connectivity index (χ3n) is 4.15. The van der Waals surface area contributed by atoms with Crippen LogP contribution in [-0.2, 0) is 19.1 Å². The predicted octanol–water partition coefficient (Wildman–Crippen LogP) is 7.66. The van der Waals surface area contributed by atoms with Crippen LogP contribution in [0.25, 0.3) is 0 Å². The second kappa shape index (κ2) is 15.1. The summed E-state index contributed by atoms with van der Waals surface area (Å²) in [4.78, 5) is 35.4. The van der Waals surface area contributed by atoms with Crippen LogP contribution in [0, 0.1) is 0 Å². The van der Waals surface area contributed by atoms with Crippen LogP contribution >= 0.6 is 58.0 Å². The van der Waals surface area contributed by atoms with Crippen molar-refractivity contribution in [1.29, 1.82) is 0 Å². The van der Waals surface area contributed by atoms with Gasteiger partial charge in [-0.25, -0.2) is 4.79 Å². The maximum atomic E-state index is 12.1. The fourth-order valence-electron chi connectivity index (χ4n) is 2.56. The molecule has 0 unspecified atom stereocenters. The van der Waals surface area contributed by atoms with Gasteiger partial charge in [-0.3, -0.25) is 9.59 Å². The van der Waals surface area contributed by atoms with Crippen LogP contribution in [0.5, 0.6) is 5.75 Å². The highest BCUT2D eigenvalue weighted by atomic mass is 35.5. The van der Waals surface area contributed by atoms with Crippen molar-refractivity contribution in [2.24, 2.45) is 0 Å². The van der Waals surface area contributed by atoms with Gasteiger partial charge in [-0.2, -0.15) is 0 Å². The van der Waals surface area contributed by atoms with E-state index in [1.165, 1.54) is 0 Å². The Bertz CT molecular complexity index is 843. The van der Waals surface area contributed by atoms with Crippen LogP contribution < -0.4 is 10.1 Å². The summed E-state index contributed by atoms with van der Waals surface area (Å²) in [6.45, 7) is 6.23. The molecule has 0 aliphatic carbocycles. The van der Waals surface area contributed by atoms with Gasteiger partial charge in [-0.15, -0.1) is 0 Å². The number of ether oxygens (including phenoxy) is 3. The van der Waals surface area contributed by atoms with Gasteiger partial charge in [0, 0.05) is 19.4 Å². The summed E-state index contributed by atoms with van der Waals surface area (Å²) in [6, 6.07) is 0. The van der Waals surface area contributed by atoms with E-state index < -0.39 is 23.6 Å². The smallest absolute Gasteiger partial charge is 0.407 e. The number of hydrogen-bond acceptors (Lipinski definition) is 6. The zero-order valence-electron chi connectivity index (χ0n) is 19.2. The Hall–Kier alpha value is -1.12. The molecule has 12 heteroatoms. The first-order chi connectivity index (χ1) is 15.8. The third-order valence-corrected chi connectivity index (χ3v) is 6.39. The van der Waals surface area contributed by atoms with E-state index in [2.05, 4.69) is 5.32 Å². The number of rotatable bonds is 12. The first-order valence-electron chi connectivity index (χ1n) is 10.7. The largest absolute Gasteiger partial charge is 0.466 e. The molecule has 0 heterocycles. The highest BCUT2D eigenvalue weighted by Gasteiger charge is 2.22. The zero-order valence-corrected chi connectivity index (χ0v) is 23.0. The molecule has 1 amide bonds. The zero-order chi connectivity index (χ0) is 25.9. The number of esters is 2. The fourth-order valence-corrected chi connectivity index (χ4v) is 3.76. The highest BCUT2D eigenvalue weighted by molar-refractivity contribution is 6.55. The number of nitrogens with one attached hydrogen (secondary N) is 1. The molecule has 34 heavy (non-hydrogen) atoms. The Kier molecular flexibility index (Phi) is 13.7. The summed E-state index contributed by atoms with van der Waals surface area (Å²) in [5.74, 6) is -1.25. The molecule has 0 radical (unpaired) electrons. The van der Waals surface area contributed by atoms with Crippen LogP contribution in [0.2, 0.25) is 25.1 Å². The fraction of sp³-hybridized carbons (Fsp3) is 0.591. The number of unbranched alkanes of at least 4 members (excludes halogenated alkanes) is 3. The number of carbonyl (C=O) groups excluding carboxylic acids is 3. The molecule has 1 N–H and O–H groups in total. The van der Waals surface area contributed by atoms with Crippen molar-refractivity contribution < 1.29 is 28.6 Å². The number of carbonyl (C=O) groups is 3. The topological polar surface area (TPSA) is 90.9 Å². The molecular formula is C22H28Cl5NO6. The van der Waals surface area contributed by atoms with E-state index >= 15 is 0 Å². The van der Waals surface area contributed by atoms with E-state index in [1.54, 1.807) is 20.8 Å². The first kappa shape index (κ1) is 30.9. The molecule has 0 spiro atoms. The van der Waals surface area contributed by atoms with Crippen molar-refractivity contribution >= 4 is 76.0 Å². The molecule has 0 aliphatic rings. The normalized spacial score (nSPS) is 11.2. The second-order valence-electron chi connectivity index (χ2n) is 8.29. The van der Waals surface area contributed by atoms with Crippen molar-refractivity contribution in [2.75, 3.05) is 13.2 Å². The van der Waals surface area contributed by atoms with Gasteiger partial charge < -0.3 is 19.5 Å². The molecule has 0 aromatic heterocycles. The molecule has 7 nitrogen and oxygen atoms in total. The Balaban J connectivity index is 2.17. The summed E-state index contributed by atoms with van der Waals surface area (Å²) >= 11 is 29.8. The summed E-state index contributed by atoms with van der Waals surface area (Å²) in [5.41, 5.74) is -0.519. The van der Waals surface area contributed by atoms with E-state index in [1.807, 2.05) is 0 Å². The Morgan fingerprint density at radius 2 is 1.26 bits per heavy atom. The van der Waals surface area contributed by atoms with Crippen molar-refractivity contribution in [3.8, 4) is 5.75 Å². The van der Waals surface area contributed by atoms with Gasteiger partial charge in [0.05, 0.1) is 21.7 Å². The van der Waals surface area contributed by atoms with E-state index in [9.17, 15) is 14.4 Å². The summed E-state index contributed by atoms with van der Waals surface area (Å²) in [5, 5.41) is 2.23. The van der Waals surface area contributed by atoms with Crippen LogP contribution in [0.3, 0.4) is 0 Å². The van der Waals surface area contributed by atoms with Gasteiger partial charge in [-0.05, 0) is 46.5 Å². The lowest BCUT2D eigenvalue weighted by molar-refractivity contribution is -0.144. The lowest BCUT2D eigenvalue weighted by Crippen LogP contribution is -2.32. The maximum absolute atomic E-state index is 12.1. The maximum Gasteiger partial charge on any atom is 0.407 e. The first-order valence-corrected chi connectivity index (χ1v) is 12.6. The average molecular weight is 580 g/mol. The van der Waals surface area contributed by atoms with Gasteiger partial charge in [0.15, 0.2) is 5.75 Å². The number of halogens is 5. The molecule has 0 atom stereocenters. The lowest BCUT2D eigenvalue weighted by Gasteiger charge is -2.19. The van der Waals surface area contributed by atoms with E-state index in [4.69, 9.17) is 72.2 Å². The Morgan fingerprint density at radius 1 is 0.735 bits per heavy atom. The second-order valence-corrected chi connectivity index (χ2v) is 10.2. The lowest BCUT2D eigenvalue weighted by atomic mass is 10.2. The quantitative estimate of drug-likeness (QED) is 0.0899. The number of amides is 1. The Labute approximate surface area is 224 Å². The molecule has 1 aromatic carbocycles.